The van der Waals surface area contributed by atoms with Crippen molar-refractivity contribution in [2.75, 3.05) is 4.72 Å². The average molecular weight is 590 g/mol. The molecule has 0 aliphatic carbocycles. The first-order valence-electron chi connectivity index (χ1n) is 12.4. The van der Waals surface area contributed by atoms with Crippen molar-refractivity contribution in [2.24, 2.45) is 0 Å². The Morgan fingerprint density at radius 3 is 2.15 bits per heavy atom. The van der Waals surface area contributed by atoms with Gasteiger partial charge in [-0.3, -0.25) is 4.72 Å². The van der Waals surface area contributed by atoms with Crippen LogP contribution in [-0.4, -0.2) is 38.8 Å². The van der Waals surface area contributed by atoms with Crippen molar-refractivity contribution in [2.45, 2.75) is 24.7 Å². The summed E-state index contributed by atoms with van der Waals surface area (Å²) in [7, 11) is -4.01. The highest BCUT2D eigenvalue weighted by Crippen LogP contribution is 2.24. The molecule has 2 aromatic heterocycles. The van der Waals surface area contributed by atoms with Gasteiger partial charge in [-0.15, -0.1) is 5.10 Å². The van der Waals surface area contributed by atoms with E-state index in [1.807, 2.05) is 24.3 Å². The van der Waals surface area contributed by atoms with E-state index in [-0.39, 0.29) is 22.0 Å². The van der Waals surface area contributed by atoms with Gasteiger partial charge < -0.3 is 5.11 Å². The highest BCUT2D eigenvalue weighted by Gasteiger charge is 2.20. The number of anilines is 1. The number of carboxylic acids is 1. The predicted octanol–water partition coefficient (Wildman–Crippen LogP) is 5.36. The van der Waals surface area contributed by atoms with Crippen molar-refractivity contribution >= 4 is 33.3 Å². The molecule has 208 valence electrons. The highest BCUT2D eigenvalue weighted by atomic mass is 35.5. The zero-order valence-corrected chi connectivity index (χ0v) is 23.5. The van der Waals surface area contributed by atoms with Gasteiger partial charge in [-0.2, -0.15) is 4.68 Å². The van der Waals surface area contributed by atoms with E-state index in [1.54, 1.807) is 24.3 Å². The maximum absolute atomic E-state index is 13.7. The third-order valence-corrected chi connectivity index (χ3v) is 7.98. The minimum Gasteiger partial charge on any atom is -0.478 e. The molecule has 0 spiro atoms. The topological polar surface area (TPSA) is 136 Å². The van der Waals surface area contributed by atoms with Gasteiger partial charge in [-0.25, -0.2) is 27.6 Å². The maximum Gasteiger partial charge on any atom is 0.357 e. The average Bonchev–Trinajstić information content (AvgIpc) is 3.30. The molecule has 2 N–H and O–H groups in total. The molecular formula is C29H24ClN5O5S. The van der Waals surface area contributed by atoms with Gasteiger partial charge in [0.05, 0.1) is 28.0 Å². The first kappa shape index (κ1) is 27.8. The number of benzene rings is 3. The molecule has 12 heteroatoms. The van der Waals surface area contributed by atoms with Crippen LogP contribution in [0.25, 0.3) is 22.9 Å². The van der Waals surface area contributed by atoms with Crippen molar-refractivity contribution in [1.82, 2.24) is 19.3 Å². The second-order valence-electron chi connectivity index (χ2n) is 9.45. The number of nitrogens with zero attached hydrogens (tertiary/aromatic N) is 4. The monoisotopic (exact) mass is 589 g/mol. The lowest BCUT2D eigenvalue weighted by atomic mass is 10.0. The molecule has 3 aromatic carbocycles. The number of hydrogen-bond acceptors (Lipinski definition) is 6. The Hall–Kier alpha value is -4.74. The molecule has 0 saturated carbocycles. The number of pyridine rings is 1. The fourth-order valence-corrected chi connectivity index (χ4v) is 5.28. The largest absolute Gasteiger partial charge is 0.478 e. The van der Waals surface area contributed by atoms with Crippen LogP contribution < -0.4 is 10.4 Å². The summed E-state index contributed by atoms with van der Waals surface area (Å²) in [5.74, 6) is -0.286. The molecule has 5 rings (SSSR count). The number of halogens is 1. The molecular weight excluding hydrogens is 566 g/mol. The van der Waals surface area contributed by atoms with E-state index in [9.17, 15) is 18.0 Å². The van der Waals surface area contributed by atoms with Crippen LogP contribution in [0.3, 0.4) is 0 Å². The molecule has 0 aliphatic heterocycles. The van der Waals surface area contributed by atoms with Crippen LogP contribution in [0.2, 0.25) is 5.02 Å². The Bertz CT molecular complexity index is 1880. The van der Waals surface area contributed by atoms with Gasteiger partial charge in [0.1, 0.15) is 0 Å². The first-order valence-corrected chi connectivity index (χ1v) is 14.3. The van der Waals surface area contributed by atoms with Gasteiger partial charge in [0, 0.05) is 10.6 Å². The fourth-order valence-electron chi connectivity index (χ4n) is 4.11. The highest BCUT2D eigenvalue weighted by molar-refractivity contribution is 7.92. The standard InChI is InChI=1S/C29H24ClN5O5S/c1-18(2)19-5-12-24(13-6-19)34-27(20-3-9-22(30)10-4-20)32-35(29(34)38)26-16-11-23(17-31-26)33-41(39,40)25-14-7-21(8-15-25)28(36)37/h3-18,33H,1-2H3,(H,36,37). The van der Waals surface area contributed by atoms with Crippen LogP contribution in [0.5, 0.6) is 0 Å². The quantitative estimate of drug-likeness (QED) is 0.248. The van der Waals surface area contributed by atoms with Crippen LogP contribution in [-0.2, 0) is 10.0 Å². The number of aromatic carboxylic acids is 1. The summed E-state index contributed by atoms with van der Waals surface area (Å²) in [5.41, 5.74) is 2.05. The van der Waals surface area contributed by atoms with E-state index in [0.717, 1.165) is 10.2 Å². The van der Waals surface area contributed by atoms with Gasteiger partial charge in [-0.05, 0) is 84.3 Å². The molecule has 0 saturated heterocycles. The molecule has 0 unspecified atom stereocenters. The molecule has 0 amide bonds. The lowest BCUT2D eigenvalue weighted by Gasteiger charge is -2.09. The third-order valence-electron chi connectivity index (χ3n) is 6.33. The Kier molecular flexibility index (Phi) is 7.48. The van der Waals surface area contributed by atoms with Gasteiger partial charge in [-0.1, -0.05) is 37.6 Å². The van der Waals surface area contributed by atoms with Crippen LogP contribution in [0, 0.1) is 0 Å². The Balaban J connectivity index is 1.50. The van der Waals surface area contributed by atoms with Gasteiger partial charge in [0.2, 0.25) is 0 Å². The van der Waals surface area contributed by atoms with E-state index in [2.05, 4.69) is 28.7 Å². The van der Waals surface area contributed by atoms with Gasteiger partial charge >= 0.3 is 11.7 Å². The number of carboxylic acid groups (broad SMARTS) is 1. The predicted molar refractivity (Wildman–Crippen MR) is 156 cm³/mol. The number of aromatic nitrogens is 4. The normalized spacial score (nSPS) is 11.5. The number of sulfonamides is 1. The van der Waals surface area contributed by atoms with Crippen molar-refractivity contribution in [1.29, 1.82) is 0 Å². The smallest absolute Gasteiger partial charge is 0.357 e. The van der Waals surface area contributed by atoms with Crippen LogP contribution in [0.1, 0.15) is 35.7 Å². The van der Waals surface area contributed by atoms with Crippen molar-refractivity contribution in [3.05, 3.63) is 118 Å². The van der Waals surface area contributed by atoms with E-state index in [0.29, 0.717) is 28.0 Å². The molecule has 0 radical (unpaired) electrons. The van der Waals surface area contributed by atoms with Crippen LogP contribution in [0.4, 0.5) is 5.69 Å². The van der Waals surface area contributed by atoms with E-state index in [4.69, 9.17) is 16.7 Å². The SMILES string of the molecule is CC(C)c1ccc(-n2c(-c3ccc(Cl)cc3)nn(-c3ccc(NS(=O)(=O)c4ccc(C(=O)O)cc4)cn3)c2=O)cc1. The second-order valence-corrected chi connectivity index (χ2v) is 11.6. The van der Waals surface area contributed by atoms with E-state index in [1.165, 1.54) is 47.2 Å². The van der Waals surface area contributed by atoms with Gasteiger partial charge in [0.25, 0.3) is 10.0 Å². The van der Waals surface area contributed by atoms with Crippen molar-refractivity contribution in [3.63, 3.8) is 0 Å². The summed E-state index contributed by atoms with van der Waals surface area (Å²) in [6.07, 6.45) is 1.27. The first-order chi connectivity index (χ1) is 19.5. The van der Waals surface area contributed by atoms with Gasteiger partial charge in [0.15, 0.2) is 11.6 Å². The van der Waals surface area contributed by atoms with Crippen LogP contribution >= 0.6 is 11.6 Å². The second kappa shape index (κ2) is 11.0. The summed E-state index contributed by atoms with van der Waals surface area (Å²) in [4.78, 5) is 28.9. The minimum atomic E-state index is -4.01. The number of carbonyl (C=O) groups is 1. The third kappa shape index (κ3) is 5.76. The summed E-state index contributed by atoms with van der Waals surface area (Å²) in [5, 5.41) is 14.1. The van der Waals surface area contributed by atoms with E-state index >= 15 is 0 Å². The molecule has 2 heterocycles. The fraction of sp³-hybridized carbons (Fsp3) is 0.103. The molecule has 5 aromatic rings. The van der Waals surface area contributed by atoms with Crippen LogP contribution in [0.15, 0.2) is 101 Å². The molecule has 0 aliphatic rings. The Morgan fingerprint density at radius 1 is 0.927 bits per heavy atom. The summed E-state index contributed by atoms with van der Waals surface area (Å²) >= 11 is 6.08. The van der Waals surface area contributed by atoms with E-state index < -0.39 is 21.7 Å². The van der Waals surface area contributed by atoms with Crippen molar-refractivity contribution in [3.8, 4) is 22.9 Å². The number of nitrogens with one attached hydrogen (secondary N) is 1. The Labute approximate surface area is 240 Å². The van der Waals surface area contributed by atoms with Crippen molar-refractivity contribution < 1.29 is 18.3 Å². The summed E-state index contributed by atoms with van der Waals surface area (Å²) < 4.78 is 30.6. The number of rotatable bonds is 8. The zero-order valence-electron chi connectivity index (χ0n) is 21.9. The molecule has 10 nitrogen and oxygen atoms in total. The molecule has 0 atom stereocenters. The minimum absolute atomic E-state index is 0.0336. The maximum atomic E-state index is 13.7. The lowest BCUT2D eigenvalue weighted by Crippen LogP contribution is -2.23. The summed E-state index contributed by atoms with van der Waals surface area (Å²) in [6, 6.07) is 22.3. The zero-order chi connectivity index (χ0) is 29.3. The Morgan fingerprint density at radius 2 is 1.59 bits per heavy atom. The summed E-state index contributed by atoms with van der Waals surface area (Å²) in [6.45, 7) is 4.17. The molecule has 0 bridgehead atoms. The lowest BCUT2D eigenvalue weighted by molar-refractivity contribution is 0.0696. The molecule has 41 heavy (non-hydrogen) atoms. The molecule has 0 fully saturated rings. The number of hydrogen-bond donors (Lipinski definition) is 2.